The van der Waals surface area contributed by atoms with Crippen molar-refractivity contribution in [2.24, 2.45) is 11.8 Å². The number of hydrogen-bond donors (Lipinski definition) is 0. The summed E-state index contributed by atoms with van der Waals surface area (Å²) in [5.41, 5.74) is 3.25. The standard InChI is InChI=1S/C27H30FN5O2/c1-31-10-7-18-15-33(16-20(18)27(31)34)24-12-22(30-23-13-25(35-2)21(28)11-19(23)24)17-5-6-26(29-14-17)32-8-3-4-9-32/h5-6,11-14,18,20H,3-4,7-10,15-16H2,1-2H3. The molecule has 1 aromatic carbocycles. The second-order valence-electron chi connectivity index (χ2n) is 9.95. The van der Waals surface area contributed by atoms with Gasteiger partial charge in [0.1, 0.15) is 5.82 Å². The van der Waals surface area contributed by atoms with Gasteiger partial charge in [0.15, 0.2) is 11.6 Å². The molecule has 0 spiro atoms. The summed E-state index contributed by atoms with van der Waals surface area (Å²) in [7, 11) is 3.34. The summed E-state index contributed by atoms with van der Waals surface area (Å²) in [4.78, 5) is 28.8. The molecule has 0 bridgehead atoms. The zero-order valence-corrected chi connectivity index (χ0v) is 20.2. The highest BCUT2D eigenvalue weighted by Gasteiger charge is 2.42. The van der Waals surface area contributed by atoms with Crippen LogP contribution in [0.3, 0.4) is 0 Å². The van der Waals surface area contributed by atoms with Gasteiger partial charge in [-0.1, -0.05) is 0 Å². The Hall–Kier alpha value is -3.42. The number of hydrogen-bond acceptors (Lipinski definition) is 6. The lowest BCUT2D eigenvalue weighted by Crippen LogP contribution is -2.42. The lowest BCUT2D eigenvalue weighted by molar-refractivity contribution is -0.137. The summed E-state index contributed by atoms with van der Waals surface area (Å²) in [6.45, 7) is 4.29. The number of likely N-dealkylation sites (tertiary alicyclic amines) is 1. The SMILES string of the molecule is COc1cc2nc(-c3ccc(N4CCCC4)nc3)cc(N3CC4CCN(C)C(=O)C4C3)c2cc1F. The molecule has 3 aliphatic rings. The first-order chi connectivity index (χ1) is 17.0. The zero-order chi connectivity index (χ0) is 24.1. The number of rotatable bonds is 4. The Morgan fingerprint density at radius 2 is 1.89 bits per heavy atom. The van der Waals surface area contributed by atoms with Crippen LogP contribution in [0.2, 0.25) is 0 Å². The van der Waals surface area contributed by atoms with Gasteiger partial charge in [-0.3, -0.25) is 4.79 Å². The van der Waals surface area contributed by atoms with E-state index in [1.54, 1.807) is 6.07 Å². The lowest BCUT2D eigenvalue weighted by atomic mass is 9.88. The molecule has 0 aliphatic carbocycles. The number of pyridine rings is 2. The predicted molar refractivity (Wildman–Crippen MR) is 134 cm³/mol. The fourth-order valence-corrected chi connectivity index (χ4v) is 5.84. The first-order valence-corrected chi connectivity index (χ1v) is 12.4. The van der Waals surface area contributed by atoms with Crippen molar-refractivity contribution in [1.29, 1.82) is 0 Å². The maximum absolute atomic E-state index is 14.8. The van der Waals surface area contributed by atoms with E-state index in [0.29, 0.717) is 18.0 Å². The molecular formula is C27H30FN5O2. The van der Waals surface area contributed by atoms with Crippen molar-refractivity contribution in [2.45, 2.75) is 19.3 Å². The Labute approximate surface area is 204 Å². The second-order valence-corrected chi connectivity index (χ2v) is 9.95. The topological polar surface area (TPSA) is 61.8 Å². The monoisotopic (exact) mass is 475 g/mol. The number of carbonyl (C=O) groups excluding carboxylic acids is 1. The van der Waals surface area contributed by atoms with Crippen molar-refractivity contribution in [1.82, 2.24) is 14.9 Å². The van der Waals surface area contributed by atoms with Crippen molar-refractivity contribution >= 4 is 28.3 Å². The van der Waals surface area contributed by atoms with Gasteiger partial charge in [-0.05, 0) is 49.4 Å². The van der Waals surface area contributed by atoms with Gasteiger partial charge in [0.2, 0.25) is 5.91 Å². The summed E-state index contributed by atoms with van der Waals surface area (Å²) < 4.78 is 20.0. The fraction of sp³-hybridized carbons (Fsp3) is 0.444. The minimum absolute atomic E-state index is 0.0232. The number of carbonyl (C=O) groups is 1. The molecule has 8 heteroatoms. The molecular weight excluding hydrogens is 445 g/mol. The van der Waals surface area contributed by atoms with E-state index in [1.807, 2.05) is 24.2 Å². The summed E-state index contributed by atoms with van der Waals surface area (Å²) in [5.74, 6) is 1.24. The molecule has 2 unspecified atom stereocenters. The van der Waals surface area contributed by atoms with Crippen molar-refractivity contribution in [2.75, 3.05) is 56.7 Å². The highest BCUT2D eigenvalue weighted by Crippen LogP contribution is 2.40. The molecule has 0 saturated carbocycles. The number of aromatic nitrogens is 2. The van der Waals surface area contributed by atoms with Crippen molar-refractivity contribution in [3.8, 4) is 17.0 Å². The van der Waals surface area contributed by atoms with Gasteiger partial charge in [0.05, 0.1) is 24.2 Å². The van der Waals surface area contributed by atoms with E-state index in [1.165, 1.54) is 26.0 Å². The smallest absolute Gasteiger partial charge is 0.227 e. The summed E-state index contributed by atoms with van der Waals surface area (Å²) >= 11 is 0. The van der Waals surface area contributed by atoms with Crippen LogP contribution < -0.4 is 14.5 Å². The summed E-state index contributed by atoms with van der Waals surface area (Å²) in [6, 6.07) is 9.29. The van der Waals surface area contributed by atoms with Gasteiger partial charge < -0.3 is 19.4 Å². The van der Waals surface area contributed by atoms with E-state index in [0.717, 1.165) is 60.7 Å². The van der Waals surface area contributed by atoms with Gasteiger partial charge in [-0.2, -0.15) is 0 Å². The summed E-state index contributed by atoms with van der Waals surface area (Å²) in [6.07, 6.45) is 5.26. The van der Waals surface area contributed by atoms with Crippen molar-refractivity contribution in [3.05, 3.63) is 42.3 Å². The Morgan fingerprint density at radius 1 is 1.06 bits per heavy atom. The van der Waals surface area contributed by atoms with Crippen LogP contribution in [0.25, 0.3) is 22.2 Å². The van der Waals surface area contributed by atoms with Gasteiger partial charge in [0, 0.05) is 68.7 Å². The van der Waals surface area contributed by atoms with E-state index in [9.17, 15) is 9.18 Å². The maximum atomic E-state index is 14.8. The van der Waals surface area contributed by atoms with Crippen molar-refractivity contribution < 1.29 is 13.9 Å². The molecule has 3 aromatic rings. The van der Waals surface area contributed by atoms with Crippen LogP contribution in [0.5, 0.6) is 5.75 Å². The lowest BCUT2D eigenvalue weighted by Gasteiger charge is -2.30. The summed E-state index contributed by atoms with van der Waals surface area (Å²) in [5, 5.41) is 0.730. The minimum atomic E-state index is -0.417. The van der Waals surface area contributed by atoms with Gasteiger partial charge in [-0.25, -0.2) is 14.4 Å². The van der Waals surface area contributed by atoms with Gasteiger partial charge in [0.25, 0.3) is 0 Å². The van der Waals surface area contributed by atoms with E-state index in [-0.39, 0.29) is 17.6 Å². The number of benzene rings is 1. The third kappa shape index (κ3) is 3.85. The molecule has 7 nitrogen and oxygen atoms in total. The van der Waals surface area contributed by atoms with Crippen LogP contribution >= 0.6 is 0 Å². The number of piperidine rings is 1. The molecule has 6 rings (SSSR count). The molecule has 0 radical (unpaired) electrons. The van der Waals surface area contributed by atoms with Crippen LogP contribution in [-0.2, 0) is 4.79 Å². The van der Waals surface area contributed by atoms with Gasteiger partial charge in [-0.15, -0.1) is 0 Å². The molecule has 0 N–H and O–H groups in total. The van der Waals surface area contributed by atoms with E-state index in [4.69, 9.17) is 14.7 Å². The first-order valence-electron chi connectivity index (χ1n) is 12.4. The Morgan fingerprint density at radius 3 is 2.63 bits per heavy atom. The average Bonchev–Trinajstić information content (AvgIpc) is 3.56. The molecule has 1 amide bonds. The molecule has 2 aromatic heterocycles. The Balaban J connectivity index is 1.42. The van der Waals surface area contributed by atoms with E-state index >= 15 is 0 Å². The molecule has 182 valence electrons. The Bertz CT molecular complexity index is 1270. The van der Waals surface area contributed by atoms with Crippen molar-refractivity contribution in [3.63, 3.8) is 0 Å². The first kappa shape index (κ1) is 22.1. The Kier molecular flexibility index (Phi) is 5.46. The number of methoxy groups -OCH3 is 1. The number of nitrogens with zero attached hydrogens (tertiary/aromatic N) is 5. The zero-order valence-electron chi connectivity index (χ0n) is 20.2. The van der Waals surface area contributed by atoms with Crippen LogP contribution in [0.1, 0.15) is 19.3 Å². The largest absolute Gasteiger partial charge is 0.494 e. The number of anilines is 2. The number of fused-ring (bicyclic) bond motifs is 2. The highest BCUT2D eigenvalue weighted by molar-refractivity contribution is 5.96. The fourth-order valence-electron chi connectivity index (χ4n) is 5.84. The van der Waals surface area contributed by atoms with Crippen LogP contribution in [0, 0.1) is 17.7 Å². The molecule has 35 heavy (non-hydrogen) atoms. The maximum Gasteiger partial charge on any atom is 0.227 e. The molecule has 5 heterocycles. The average molecular weight is 476 g/mol. The quantitative estimate of drug-likeness (QED) is 0.569. The predicted octanol–water partition coefficient (Wildman–Crippen LogP) is 3.96. The van der Waals surface area contributed by atoms with Crippen LogP contribution in [0.15, 0.2) is 36.5 Å². The molecule has 3 aliphatic heterocycles. The van der Waals surface area contributed by atoms with E-state index < -0.39 is 5.82 Å². The number of ether oxygens (including phenoxy) is 1. The van der Waals surface area contributed by atoms with Crippen LogP contribution in [0.4, 0.5) is 15.9 Å². The molecule has 3 saturated heterocycles. The number of amides is 1. The van der Waals surface area contributed by atoms with Gasteiger partial charge >= 0.3 is 0 Å². The normalized spacial score (nSPS) is 22.3. The molecule has 3 fully saturated rings. The number of halogens is 1. The third-order valence-corrected chi connectivity index (χ3v) is 7.84. The molecule has 2 atom stereocenters. The second kappa shape index (κ2) is 8.66. The third-order valence-electron chi connectivity index (χ3n) is 7.84. The van der Waals surface area contributed by atoms with E-state index in [2.05, 4.69) is 21.9 Å². The van der Waals surface area contributed by atoms with Crippen LogP contribution in [-0.4, -0.2) is 67.7 Å². The highest BCUT2D eigenvalue weighted by atomic mass is 19.1. The minimum Gasteiger partial charge on any atom is -0.494 e.